The number of piperazine rings is 1. The van der Waals surface area contributed by atoms with E-state index in [-0.39, 0.29) is 33.7 Å². The van der Waals surface area contributed by atoms with Crippen molar-refractivity contribution in [2.24, 2.45) is 5.73 Å². The van der Waals surface area contributed by atoms with Crippen LogP contribution in [0.25, 0.3) is 22.6 Å². The molecule has 1 saturated heterocycles. The summed E-state index contributed by atoms with van der Waals surface area (Å²) in [6.07, 6.45) is 1.46. The summed E-state index contributed by atoms with van der Waals surface area (Å²) in [4.78, 5) is 38.4. The SMILES string of the molecule is [2H]C([2H])([2H])C(C)(C(N)=O)c1ccc2oc(-c3ccnc(C(=O)N4CCN(C(c5ccccc5)c5nnn(C(F)F)n5)CC4)c3)nc2c1. The van der Waals surface area contributed by atoms with E-state index in [1.807, 2.05) is 35.2 Å². The number of nitrogens with two attached hydrogens (primary N) is 1. The molecule has 12 nitrogen and oxygen atoms in total. The van der Waals surface area contributed by atoms with Crippen LogP contribution in [0.1, 0.15) is 57.9 Å². The number of carbonyl (C=O) groups is 2. The molecule has 2 unspecified atom stereocenters. The van der Waals surface area contributed by atoms with E-state index in [4.69, 9.17) is 14.3 Å². The smallest absolute Gasteiger partial charge is 0.350 e. The highest BCUT2D eigenvalue weighted by Crippen LogP contribution is 2.31. The third-order valence-corrected chi connectivity index (χ3v) is 7.63. The molecule has 2 amide bonds. The highest BCUT2D eigenvalue weighted by molar-refractivity contribution is 5.93. The molecular formula is C30H29F2N9O3. The second-order valence-electron chi connectivity index (χ2n) is 10.5. The largest absolute Gasteiger partial charge is 0.436 e. The summed E-state index contributed by atoms with van der Waals surface area (Å²) < 4.78 is 55.9. The van der Waals surface area contributed by atoms with E-state index in [1.165, 1.54) is 31.3 Å². The molecule has 44 heavy (non-hydrogen) atoms. The molecule has 2 atom stereocenters. The van der Waals surface area contributed by atoms with Crippen molar-refractivity contribution in [1.82, 2.24) is 40.0 Å². The number of fused-ring (bicyclic) bond motifs is 1. The van der Waals surface area contributed by atoms with Gasteiger partial charge in [0.2, 0.25) is 11.8 Å². The Kier molecular flexibility index (Phi) is 6.65. The number of halogens is 2. The molecule has 6 rings (SSSR count). The van der Waals surface area contributed by atoms with Gasteiger partial charge in [-0.15, -0.1) is 10.2 Å². The number of oxazole rings is 1. The van der Waals surface area contributed by atoms with E-state index < -0.39 is 30.8 Å². The lowest BCUT2D eigenvalue weighted by atomic mass is 9.84. The summed E-state index contributed by atoms with van der Waals surface area (Å²) in [6.45, 7) is -2.89. The Hall–Kier alpha value is -5.11. The number of primary amides is 1. The molecule has 14 heteroatoms. The molecule has 5 aromatic rings. The van der Waals surface area contributed by atoms with Crippen LogP contribution < -0.4 is 5.73 Å². The first kappa shape index (κ1) is 25.4. The average molecular weight is 605 g/mol. The maximum atomic E-state index is 13.5. The van der Waals surface area contributed by atoms with E-state index >= 15 is 0 Å². The zero-order valence-corrected chi connectivity index (χ0v) is 23.5. The highest BCUT2D eigenvalue weighted by atomic mass is 19.3. The number of aromatic nitrogens is 6. The van der Waals surface area contributed by atoms with Crippen LogP contribution >= 0.6 is 0 Å². The Balaban J connectivity index is 1.20. The second-order valence-corrected chi connectivity index (χ2v) is 10.5. The number of benzene rings is 2. The van der Waals surface area contributed by atoms with Gasteiger partial charge in [-0.25, -0.2) is 4.98 Å². The Morgan fingerprint density at radius 3 is 2.52 bits per heavy atom. The molecule has 1 aliphatic heterocycles. The van der Waals surface area contributed by atoms with Crippen LogP contribution in [-0.4, -0.2) is 78.0 Å². The summed E-state index contributed by atoms with van der Waals surface area (Å²) in [5, 5.41) is 11.3. The third kappa shape index (κ3) is 5.51. The minimum Gasteiger partial charge on any atom is -0.436 e. The number of amides is 2. The Labute approximate surface area is 254 Å². The number of hydrogen-bond acceptors (Lipinski definition) is 9. The molecular weight excluding hydrogens is 572 g/mol. The molecule has 2 aromatic carbocycles. The third-order valence-electron chi connectivity index (χ3n) is 7.63. The van der Waals surface area contributed by atoms with E-state index in [9.17, 15) is 18.4 Å². The number of rotatable bonds is 8. The maximum Gasteiger partial charge on any atom is 0.350 e. The van der Waals surface area contributed by atoms with Gasteiger partial charge in [-0.05, 0) is 54.4 Å². The van der Waals surface area contributed by atoms with E-state index in [0.29, 0.717) is 42.8 Å². The Bertz CT molecular complexity index is 1930. The van der Waals surface area contributed by atoms with Gasteiger partial charge in [0.25, 0.3) is 5.91 Å². The van der Waals surface area contributed by atoms with E-state index in [0.717, 1.165) is 5.56 Å². The maximum absolute atomic E-state index is 13.5. The van der Waals surface area contributed by atoms with Gasteiger partial charge in [-0.3, -0.25) is 19.5 Å². The van der Waals surface area contributed by atoms with Crippen LogP contribution in [0.4, 0.5) is 8.78 Å². The molecule has 0 saturated carbocycles. The predicted octanol–water partition coefficient (Wildman–Crippen LogP) is 3.58. The van der Waals surface area contributed by atoms with Gasteiger partial charge in [0, 0.05) is 42.1 Å². The molecule has 0 aliphatic carbocycles. The van der Waals surface area contributed by atoms with Gasteiger partial charge in [-0.1, -0.05) is 41.2 Å². The molecule has 0 bridgehead atoms. The summed E-state index contributed by atoms with van der Waals surface area (Å²) in [5.74, 6) is -1.01. The normalized spacial score (nSPS) is 17.5. The van der Waals surface area contributed by atoms with Crippen molar-refractivity contribution < 1.29 is 26.9 Å². The number of pyridine rings is 1. The van der Waals surface area contributed by atoms with Crippen molar-refractivity contribution in [3.63, 3.8) is 0 Å². The summed E-state index contributed by atoms with van der Waals surface area (Å²) in [5.41, 5.74) is 5.81. The number of nitrogens with zero attached hydrogens (tertiary/aromatic N) is 8. The fourth-order valence-electron chi connectivity index (χ4n) is 5.12. The van der Waals surface area contributed by atoms with Crippen molar-refractivity contribution in [2.75, 3.05) is 26.2 Å². The Morgan fingerprint density at radius 2 is 1.84 bits per heavy atom. The summed E-state index contributed by atoms with van der Waals surface area (Å²) >= 11 is 0. The molecule has 1 fully saturated rings. The van der Waals surface area contributed by atoms with Crippen LogP contribution in [0.5, 0.6) is 0 Å². The van der Waals surface area contributed by atoms with Crippen LogP contribution in [0.15, 0.2) is 71.3 Å². The molecule has 2 N–H and O–H groups in total. The van der Waals surface area contributed by atoms with Crippen molar-refractivity contribution in [3.05, 3.63) is 89.5 Å². The van der Waals surface area contributed by atoms with E-state index in [1.54, 1.807) is 17.0 Å². The molecule has 0 radical (unpaired) electrons. The molecule has 0 spiro atoms. The van der Waals surface area contributed by atoms with Gasteiger partial charge in [0.1, 0.15) is 11.2 Å². The second kappa shape index (κ2) is 11.5. The average Bonchev–Trinajstić information content (AvgIpc) is 3.72. The van der Waals surface area contributed by atoms with Gasteiger partial charge in [0.05, 0.1) is 11.5 Å². The fraction of sp³-hybridized carbons (Fsp3) is 0.300. The molecule has 3 aromatic heterocycles. The lowest BCUT2D eigenvalue weighted by molar-refractivity contribution is -0.122. The van der Waals surface area contributed by atoms with Crippen LogP contribution in [0.2, 0.25) is 0 Å². The Morgan fingerprint density at radius 1 is 1.07 bits per heavy atom. The van der Waals surface area contributed by atoms with Crippen molar-refractivity contribution in [3.8, 4) is 11.5 Å². The van der Waals surface area contributed by atoms with Crippen molar-refractivity contribution >= 4 is 22.9 Å². The quantitative estimate of drug-likeness (QED) is 0.280. The van der Waals surface area contributed by atoms with Crippen molar-refractivity contribution in [2.45, 2.75) is 31.8 Å². The first-order chi connectivity index (χ1) is 22.4. The van der Waals surface area contributed by atoms with Gasteiger partial charge < -0.3 is 15.1 Å². The lowest BCUT2D eigenvalue weighted by Gasteiger charge is -2.38. The number of carbonyl (C=O) groups excluding carboxylic acids is 2. The highest BCUT2D eigenvalue weighted by Gasteiger charge is 2.32. The van der Waals surface area contributed by atoms with Gasteiger partial charge >= 0.3 is 6.55 Å². The zero-order chi connectivity index (χ0) is 33.5. The standard InChI is InChI=1S/C30H29F2N9O3/c1-30(2,28(33)43)20-8-9-23-21(17-20)35-26(44-23)19-10-11-34-22(16-19)27(42)40-14-12-39(13-15-40)24(18-6-4-3-5-7-18)25-36-38-41(37-25)29(31)32/h3-11,16-17,24,29H,12-15H2,1-2H3,(H2,33,43)/i1D3. The molecule has 4 heterocycles. The number of tetrazole rings is 1. The fourth-order valence-corrected chi connectivity index (χ4v) is 5.12. The number of hydrogen-bond donors (Lipinski definition) is 1. The van der Waals surface area contributed by atoms with Gasteiger partial charge in [-0.2, -0.15) is 8.78 Å². The first-order valence-corrected chi connectivity index (χ1v) is 13.7. The minimum atomic E-state index is -2.92. The summed E-state index contributed by atoms with van der Waals surface area (Å²) in [7, 11) is 0. The topological polar surface area (TPSA) is 149 Å². The number of alkyl halides is 2. The van der Waals surface area contributed by atoms with Crippen LogP contribution in [0, 0.1) is 0 Å². The first-order valence-electron chi connectivity index (χ1n) is 15.2. The predicted molar refractivity (Wildman–Crippen MR) is 154 cm³/mol. The van der Waals surface area contributed by atoms with Crippen LogP contribution in [0.3, 0.4) is 0 Å². The van der Waals surface area contributed by atoms with Gasteiger partial charge in [0.15, 0.2) is 11.4 Å². The zero-order valence-electron chi connectivity index (χ0n) is 26.5. The minimum absolute atomic E-state index is 0.133. The van der Waals surface area contributed by atoms with E-state index in [2.05, 4.69) is 25.4 Å². The lowest BCUT2D eigenvalue weighted by Crippen LogP contribution is -2.50. The molecule has 1 aliphatic rings. The summed E-state index contributed by atoms with van der Waals surface area (Å²) in [6, 6.07) is 16.3. The van der Waals surface area contributed by atoms with Crippen LogP contribution in [-0.2, 0) is 10.2 Å². The molecule has 226 valence electrons. The van der Waals surface area contributed by atoms with Crippen molar-refractivity contribution in [1.29, 1.82) is 0 Å². The monoisotopic (exact) mass is 604 g/mol.